The molecular weight excluding hydrogens is 162 g/mol. The van der Waals surface area contributed by atoms with Crippen LogP contribution in [0.15, 0.2) is 0 Å². The Balaban J connectivity index is 2.52. The standard InChI is InChI=1S/C11H15NO/c1-10(2)8-4-5-11(10,3)9(13)7(8)6-12/h7-8H,4-5H2,1-3H3/t7-,8-,11+/m1/s1. The molecular formula is C11H15NO. The molecule has 0 aromatic rings. The van der Waals surface area contributed by atoms with Crippen LogP contribution >= 0.6 is 0 Å². The Bertz CT molecular complexity index is 313. The van der Waals surface area contributed by atoms with Gasteiger partial charge in [0.25, 0.3) is 0 Å². The molecule has 70 valence electrons. The van der Waals surface area contributed by atoms with Gasteiger partial charge in [-0.2, -0.15) is 5.26 Å². The molecule has 0 aromatic heterocycles. The second kappa shape index (κ2) is 2.15. The van der Waals surface area contributed by atoms with Gasteiger partial charge >= 0.3 is 0 Å². The van der Waals surface area contributed by atoms with Crippen molar-refractivity contribution in [2.24, 2.45) is 22.7 Å². The third-order valence-corrected chi connectivity index (χ3v) is 4.67. The van der Waals surface area contributed by atoms with Crippen molar-refractivity contribution in [1.29, 1.82) is 5.26 Å². The first-order valence-corrected chi connectivity index (χ1v) is 4.89. The third kappa shape index (κ3) is 0.716. The quantitative estimate of drug-likeness (QED) is 0.569. The first-order chi connectivity index (χ1) is 5.95. The number of nitriles is 1. The lowest BCUT2D eigenvalue weighted by atomic mass is 9.70. The molecule has 0 radical (unpaired) electrons. The Kier molecular flexibility index (Phi) is 1.44. The highest BCUT2D eigenvalue weighted by Gasteiger charge is 2.66. The molecule has 0 unspecified atom stereocenters. The van der Waals surface area contributed by atoms with Crippen molar-refractivity contribution in [3.8, 4) is 6.07 Å². The average molecular weight is 177 g/mol. The summed E-state index contributed by atoms with van der Waals surface area (Å²) in [5, 5.41) is 8.93. The Hall–Kier alpha value is -0.840. The van der Waals surface area contributed by atoms with E-state index >= 15 is 0 Å². The molecule has 2 saturated carbocycles. The zero-order valence-corrected chi connectivity index (χ0v) is 8.42. The largest absolute Gasteiger partial charge is 0.298 e. The van der Waals surface area contributed by atoms with Crippen molar-refractivity contribution in [1.82, 2.24) is 0 Å². The van der Waals surface area contributed by atoms with Crippen LogP contribution < -0.4 is 0 Å². The molecule has 2 nitrogen and oxygen atoms in total. The maximum Gasteiger partial charge on any atom is 0.156 e. The predicted molar refractivity (Wildman–Crippen MR) is 48.7 cm³/mol. The van der Waals surface area contributed by atoms with E-state index < -0.39 is 0 Å². The van der Waals surface area contributed by atoms with Crippen LogP contribution in [0.2, 0.25) is 0 Å². The number of ketones is 1. The van der Waals surface area contributed by atoms with Crippen LogP contribution in [0.3, 0.4) is 0 Å². The Morgan fingerprint density at radius 1 is 1.46 bits per heavy atom. The maximum atomic E-state index is 11.9. The maximum absolute atomic E-state index is 11.9. The van der Waals surface area contributed by atoms with E-state index in [0.29, 0.717) is 5.92 Å². The molecule has 0 spiro atoms. The summed E-state index contributed by atoms with van der Waals surface area (Å²) in [6.07, 6.45) is 2.02. The molecule has 2 fully saturated rings. The number of fused-ring (bicyclic) bond motifs is 2. The molecule has 2 rings (SSSR count). The summed E-state index contributed by atoms with van der Waals surface area (Å²) in [5.74, 6) is 0.167. The van der Waals surface area contributed by atoms with Crippen molar-refractivity contribution in [3.63, 3.8) is 0 Å². The molecule has 0 aliphatic heterocycles. The minimum absolute atomic E-state index is 0.0322. The van der Waals surface area contributed by atoms with E-state index in [2.05, 4.69) is 19.9 Å². The molecule has 2 aliphatic carbocycles. The Morgan fingerprint density at radius 3 is 2.38 bits per heavy atom. The second-order valence-electron chi connectivity index (χ2n) is 5.17. The number of hydrogen-bond acceptors (Lipinski definition) is 2. The van der Waals surface area contributed by atoms with Crippen molar-refractivity contribution in [2.45, 2.75) is 33.6 Å². The van der Waals surface area contributed by atoms with Crippen molar-refractivity contribution >= 4 is 5.78 Å². The van der Waals surface area contributed by atoms with Crippen molar-refractivity contribution in [3.05, 3.63) is 0 Å². The van der Waals surface area contributed by atoms with Gasteiger partial charge in [0.2, 0.25) is 0 Å². The molecule has 2 aliphatic rings. The summed E-state index contributed by atoms with van der Waals surface area (Å²) in [6, 6.07) is 2.18. The SMILES string of the molecule is CC1(C)[C@@H]2CC[C@@]1(C)C(=O)[C@@H]2C#N. The zero-order valence-electron chi connectivity index (χ0n) is 8.42. The topological polar surface area (TPSA) is 40.9 Å². The molecule has 13 heavy (non-hydrogen) atoms. The Morgan fingerprint density at radius 2 is 2.08 bits per heavy atom. The van der Waals surface area contributed by atoms with E-state index in [1.165, 1.54) is 0 Å². The molecule has 3 atom stereocenters. The molecule has 2 bridgehead atoms. The summed E-state index contributed by atoms with van der Waals surface area (Å²) in [4.78, 5) is 11.9. The summed E-state index contributed by atoms with van der Waals surface area (Å²) < 4.78 is 0. The van der Waals surface area contributed by atoms with E-state index in [1.54, 1.807) is 0 Å². The summed E-state index contributed by atoms with van der Waals surface area (Å²) in [5.41, 5.74) is -0.192. The number of rotatable bonds is 0. The predicted octanol–water partition coefficient (Wildman–Crippen LogP) is 2.15. The summed E-state index contributed by atoms with van der Waals surface area (Å²) >= 11 is 0. The van der Waals surface area contributed by atoms with Gasteiger partial charge in [-0.25, -0.2) is 0 Å². The van der Waals surface area contributed by atoms with Gasteiger partial charge in [0, 0.05) is 5.41 Å². The van der Waals surface area contributed by atoms with Crippen LogP contribution in [0, 0.1) is 34.0 Å². The smallest absolute Gasteiger partial charge is 0.156 e. The molecule has 0 amide bonds. The minimum atomic E-state index is -0.325. The van der Waals surface area contributed by atoms with Crippen molar-refractivity contribution < 1.29 is 4.79 Å². The van der Waals surface area contributed by atoms with E-state index in [-0.39, 0.29) is 22.5 Å². The lowest BCUT2D eigenvalue weighted by Gasteiger charge is -2.32. The summed E-state index contributed by atoms with van der Waals surface area (Å²) in [7, 11) is 0. The third-order valence-electron chi connectivity index (χ3n) is 4.67. The minimum Gasteiger partial charge on any atom is -0.298 e. The lowest BCUT2D eigenvalue weighted by molar-refractivity contribution is -0.130. The number of carbonyl (C=O) groups is 1. The lowest BCUT2D eigenvalue weighted by Crippen LogP contribution is -2.33. The summed E-state index contributed by atoms with van der Waals surface area (Å²) in [6.45, 7) is 6.31. The number of hydrogen-bond donors (Lipinski definition) is 0. The first kappa shape index (κ1) is 8.74. The van der Waals surface area contributed by atoms with Crippen LogP contribution in [0.1, 0.15) is 33.6 Å². The molecule has 2 heteroatoms. The number of nitrogens with zero attached hydrogens (tertiary/aromatic N) is 1. The first-order valence-electron chi connectivity index (χ1n) is 4.89. The van der Waals surface area contributed by atoms with Gasteiger partial charge in [-0.15, -0.1) is 0 Å². The normalized spacial score (nSPS) is 46.5. The monoisotopic (exact) mass is 177 g/mol. The van der Waals surface area contributed by atoms with Gasteiger partial charge in [0.05, 0.1) is 6.07 Å². The molecule has 0 saturated heterocycles. The number of Topliss-reactive ketones (excluding diaryl/α,β-unsaturated/α-hetero) is 1. The van der Waals surface area contributed by atoms with Crippen LogP contribution in [-0.2, 0) is 4.79 Å². The Labute approximate surface area is 78.9 Å². The highest BCUT2D eigenvalue weighted by atomic mass is 16.1. The molecule has 0 N–H and O–H groups in total. The number of carbonyl (C=O) groups excluding carboxylic acids is 1. The van der Waals surface area contributed by atoms with Gasteiger partial charge in [-0.05, 0) is 24.2 Å². The van der Waals surface area contributed by atoms with E-state index in [9.17, 15) is 4.79 Å². The van der Waals surface area contributed by atoms with Gasteiger partial charge in [-0.1, -0.05) is 20.8 Å². The van der Waals surface area contributed by atoms with E-state index in [0.717, 1.165) is 12.8 Å². The van der Waals surface area contributed by atoms with Crippen LogP contribution in [0.4, 0.5) is 0 Å². The van der Waals surface area contributed by atoms with E-state index in [4.69, 9.17) is 5.26 Å². The van der Waals surface area contributed by atoms with Crippen LogP contribution in [0.5, 0.6) is 0 Å². The fourth-order valence-electron chi connectivity index (χ4n) is 3.23. The highest BCUT2D eigenvalue weighted by Crippen LogP contribution is 2.65. The van der Waals surface area contributed by atoms with Crippen LogP contribution in [0.25, 0.3) is 0 Å². The fraction of sp³-hybridized carbons (Fsp3) is 0.818. The van der Waals surface area contributed by atoms with Gasteiger partial charge in [-0.3, -0.25) is 4.79 Å². The van der Waals surface area contributed by atoms with Gasteiger partial charge in [0.1, 0.15) is 5.92 Å². The molecule has 0 heterocycles. The highest BCUT2D eigenvalue weighted by molar-refractivity contribution is 5.93. The fourth-order valence-corrected chi connectivity index (χ4v) is 3.23. The molecule has 0 aromatic carbocycles. The second-order valence-corrected chi connectivity index (χ2v) is 5.17. The van der Waals surface area contributed by atoms with Crippen molar-refractivity contribution in [2.75, 3.05) is 0 Å². The van der Waals surface area contributed by atoms with Gasteiger partial charge in [0.15, 0.2) is 5.78 Å². The zero-order chi connectivity index (χ0) is 9.85. The van der Waals surface area contributed by atoms with Crippen LogP contribution in [-0.4, -0.2) is 5.78 Å². The van der Waals surface area contributed by atoms with Gasteiger partial charge < -0.3 is 0 Å². The van der Waals surface area contributed by atoms with E-state index in [1.807, 2.05) is 6.92 Å². The average Bonchev–Trinajstić information content (AvgIpc) is 2.36.